The molecule has 0 aliphatic rings. The molecule has 34 valence electrons. The molecule has 6 heavy (non-hydrogen) atoms. The van der Waals surface area contributed by atoms with Crippen LogP contribution < -0.4 is 0 Å². The normalized spacial score (nSPS) is 3.00. The van der Waals surface area contributed by atoms with Crippen LogP contribution in [-0.4, -0.2) is 39.9 Å². The first kappa shape index (κ1) is 26.8. The van der Waals surface area contributed by atoms with E-state index in [1.54, 1.807) is 0 Å². The third-order valence-electron chi connectivity index (χ3n) is 0. The molecule has 0 unspecified atom stereocenters. The minimum absolute atomic E-state index is 0. The van der Waals surface area contributed by atoms with E-state index in [9.17, 15) is 0 Å². The van der Waals surface area contributed by atoms with Gasteiger partial charge in [-0.2, -0.15) is 0 Å². The van der Waals surface area contributed by atoms with Gasteiger partial charge >= 0.3 is 0 Å². The van der Waals surface area contributed by atoms with Crippen LogP contribution in [0.3, 0.4) is 0 Å². The van der Waals surface area contributed by atoms with Crippen LogP contribution in [0.4, 0.5) is 0 Å². The zero-order valence-electron chi connectivity index (χ0n) is 3.01. The molecule has 0 saturated carbocycles. The Morgan fingerprint density at radius 1 is 1.17 bits per heavy atom. The summed E-state index contributed by atoms with van der Waals surface area (Å²) >= 11 is 0. The molecule has 0 amide bonds. The van der Waals surface area contributed by atoms with Crippen molar-refractivity contribution in [3.63, 3.8) is 0 Å². The largest absolute Gasteiger partial charge is 0.412 e. The predicted molar refractivity (Wildman–Crippen MR) is 15.7 cm³/mol. The van der Waals surface area contributed by atoms with Gasteiger partial charge < -0.3 is 5.48 Å². The molecule has 0 aromatic rings. The Labute approximate surface area is 64.4 Å². The van der Waals surface area contributed by atoms with Gasteiger partial charge in [-0.1, -0.05) is 5.04 Å². The molecule has 0 saturated heterocycles. The van der Waals surface area contributed by atoms with Crippen molar-refractivity contribution in [3.8, 4) is 0 Å². The number of hydrogen-bond donors (Lipinski definition) is 2. The smallest absolute Gasteiger partial charge is 0 e. The number of hydrogen-bond acceptors (Lipinski definition) is 3. The molecule has 0 atom stereocenters. The Morgan fingerprint density at radius 3 is 1.17 bits per heavy atom. The molecular weight excluding hydrogens is 248 g/mol. The van der Waals surface area contributed by atoms with Crippen LogP contribution >= 0.6 is 0 Å². The maximum absolute atomic E-state index is 6.62. The SMILES string of the molecule is O.OOO.[Sn].[Zn]. The fraction of sp³-hybridized carbons (Fsp3) is 0. The van der Waals surface area contributed by atoms with Crippen LogP contribution in [0.2, 0.25) is 0 Å². The Bertz CT molecular complexity index is 7.51. The maximum Gasteiger partial charge on any atom is 0 e. The van der Waals surface area contributed by atoms with Gasteiger partial charge in [-0.3, -0.25) is 0 Å². The fourth-order valence-electron chi connectivity index (χ4n) is 0. The van der Waals surface area contributed by atoms with Crippen molar-refractivity contribution in [2.24, 2.45) is 0 Å². The molecule has 0 aliphatic heterocycles. The van der Waals surface area contributed by atoms with Gasteiger partial charge in [-0.15, -0.1) is 0 Å². The van der Waals surface area contributed by atoms with Gasteiger partial charge in [0, 0.05) is 43.4 Å². The van der Waals surface area contributed by atoms with Gasteiger partial charge in [-0.05, 0) is 0 Å². The Morgan fingerprint density at radius 2 is 1.17 bits per heavy atom. The molecule has 0 spiro atoms. The average molecular weight is 252 g/mol. The molecule has 6 heteroatoms. The van der Waals surface area contributed by atoms with Crippen molar-refractivity contribution in [3.05, 3.63) is 0 Å². The minimum Gasteiger partial charge on any atom is -0.412 e. The van der Waals surface area contributed by atoms with Gasteiger partial charge in [0.05, 0.1) is 0 Å². The summed E-state index contributed by atoms with van der Waals surface area (Å²) in [6, 6.07) is 0. The third kappa shape index (κ3) is 60.0. The van der Waals surface area contributed by atoms with Gasteiger partial charge in [0.15, 0.2) is 0 Å². The standard InChI is InChI=1S/H2O3.H2O.Sn.Zn/c1-3-2;;;/h1-2H;1H2;;. The molecule has 0 bridgehead atoms. The summed E-state index contributed by atoms with van der Waals surface area (Å²) in [4.78, 5) is 0. The fourth-order valence-corrected chi connectivity index (χ4v) is 0. The van der Waals surface area contributed by atoms with Gasteiger partial charge in [0.1, 0.15) is 0 Å². The Balaban J connectivity index is -0.00000000667. The van der Waals surface area contributed by atoms with Crippen LogP contribution in [0.1, 0.15) is 0 Å². The minimum atomic E-state index is 0. The molecule has 0 aromatic carbocycles. The third-order valence-corrected chi connectivity index (χ3v) is 0. The molecule has 0 heterocycles. The summed E-state index contributed by atoms with van der Waals surface area (Å²) in [6.07, 6.45) is 0. The number of rotatable bonds is 0. The molecule has 0 aromatic heterocycles. The van der Waals surface area contributed by atoms with Crippen molar-refractivity contribution in [2.45, 2.75) is 0 Å². The zero-order chi connectivity index (χ0) is 2.71. The Hall–Kier alpha value is 1.26. The predicted octanol–water partition coefficient (Wildman–Crippen LogP) is -1.26. The summed E-state index contributed by atoms with van der Waals surface area (Å²) in [5.41, 5.74) is 0. The molecule has 0 fully saturated rings. The molecular formula is H4O4SnZn. The first-order valence-electron chi connectivity index (χ1n) is 0.365. The van der Waals surface area contributed by atoms with E-state index in [0.29, 0.717) is 0 Å². The average Bonchev–Trinajstić information content (AvgIpc) is 0.918. The van der Waals surface area contributed by atoms with Gasteiger partial charge in [0.2, 0.25) is 0 Å². The van der Waals surface area contributed by atoms with E-state index in [0.717, 1.165) is 0 Å². The second-order valence-electron chi connectivity index (χ2n) is 0.0816. The van der Waals surface area contributed by atoms with Crippen molar-refractivity contribution in [2.75, 3.05) is 0 Å². The first-order chi connectivity index (χ1) is 1.41. The molecule has 4 N–H and O–H groups in total. The van der Waals surface area contributed by atoms with E-state index in [1.807, 2.05) is 0 Å². The second-order valence-corrected chi connectivity index (χ2v) is 0.0816. The Kier molecular flexibility index (Phi) is 151. The van der Waals surface area contributed by atoms with Gasteiger partial charge in [-0.25, -0.2) is 10.5 Å². The summed E-state index contributed by atoms with van der Waals surface area (Å²) in [5.74, 6) is 0. The van der Waals surface area contributed by atoms with Crippen LogP contribution in [0, 0.1) is 0 Å². The molecule has 0 aliphatic carbocycles. The molecule has 4 nitrogen and oxygen atoms in total. The van der Waals surface area contributed by atoms with Crippen LogP contribution in [0.15, 0.2) is 0 Å². The summed E-state index contributed by atoms with van der Waals surface area (Å²) in [6.45, 7) is 0. The maximum atomic E-state index is 6.62. The molecule has 4 radical (unpaired) electrons. The summed E-state index contributed by atoms with van der Waals surface area (Å²) in [7, 11) is 0. The van der Waals surface area contributed by atoms with Crippen molar-refractivity contribution >= 4 is 23.9 Å². The summed E-state index contributed by atoms with van der Waals surface area (Å²) < 4.78 is 0. The monoisotopic (exact) mass is 252 g/mol. The van der Waals surface area contributed by atoms with Crippen LogP contribution in [0.25, 0.3) is 0 Å². The van der Waals surface area contributed by atoms with E-state index in [1.165, 1.54) is 0 Å². The topological polar surface area (TPSA) is 81.2 Å². The van der Waals surface area contributed by atoms with Crippen molar-refractivity contribution < 1.29 is 40.5 Å². The molecule has 0 rings (SSSR count). The van der Waals surface area contributed by atoms with Crippen molar-refractivity contribution in [1.29, 1.82) is 0 Å². The summed E-state index contributed by atoms with van der Waals surface area (Å²) in [5, 5.41) is 15.5. The van der Waals surface area contributed by atoms with E-state index >= 15 is 0 Å². The second kappa shape index (κ2) is 33.9. The van der Waals surface area contributed by atoms with Gasteiger partial charge in [0.25, 0.3) is 0 Å². The van der Waals surface area contributed by atoms with Crippen molar-refractivity contribution in [1.82, 2.24) is 0 Å². The van der Waals surface area contributed by atoms with E-state index < -0.39 is 0 Å². The van der Waals surface area contributed by atoms with E-state index in [2.05, 4.69) is 5.04 Å². The van der Waals surface area contributed by atoms with E-state index in [-0.39, 0.29) is 48.9 Å². The van der Waals surface area contributed by atoms with Crippen LogP contribution in [-0.2, 0) is 24.5 Å². The zero-order valence-corrected chi connectivity index (χ0v) is 8.83. The first-order valence-corrected chi connectivity index (χ1v) is 0.365. The van der Waals surface area contributed by atoms with Crippen LogP contribution in [0.5, 0.6) is 0 Å². The quantitative estimate of drug-likeness (QED) is 0.321. The van der Waals surface area contributed by atoms with E-state index in [4.69, 9.17) is 10.5 Å².